The molecule has 2 amide bonds. The minimum atomic E-state index is -1.23. The molecule has 1 saturated heterocycles. The van der Waals surface area contributed by atoms with Crippen LogP contribution in [0.15, 0.2) is 0 Å². The van der Waals surface area contributed by atoms with E-state index in [2.05, 4.69) is 5.32 Å². The Bertz CT molecular complexity index is 345. The van der Waals surface area contributed by atoms with Gasteiger partial charge in [-0.15, -0.1) is 0 Å². The van der Waals surface area contributed by atoms with Crippen molar-refractivity contribution < 1.29 is 24.2 Å². The van der Waals surface area contributed by atoms with Crippen molar-refractivity contribution in [3.8, 4) is 0 Å². The number of carboxylic acid groups (broad SMARTS) is 1. The molecular weight excluding hydrogens is 278 g/mol. The summed E-state index contributed by atoms with van der Waals surface area (Å²) in [7, 11) is 0. The summed E-state index contributed by atoms with van der Waals surface area (Å²) in [5, 5.41) is 10.8. The highest BCUT2D eigenvalue weighted by molar-refractivity contribution is 5.84. The predicted octanol–water partition coefficient (Wildman–Crippen LogP) is 0.716. The van der Waals surface area contributed by atoms with Crippen LogP contribution < -0.4 is 16.6 Å². The molecular formula is C13H25N3O5. The molecule has 8 heteroatoms. The molecule has 0 aromatic carbocycles. The molecule has 0 aromatic rings. The quantitative estimate of drug-likeness (QED) is 0.215. The SMILES string of the molecule is CCC1(CCCCCC(NC(=O)O)C(=O)NN)OCCO1. The second-order valence-electron chi connectivity index (χ2n) is 5.07. The third kappa shape index (κ3) is 5.86. The van der Waals surface area contributed by atoms with Gasteiger partial charge in [0.2, 0.25) is 0 Å². The van der Waals surface area contributed by atoms with Crippen LogP contribution in [0, 0.1) is 0 Å². The molecule has 0 spiro atoms. The lowest BCUT2D eigenvalue weighted by molar-refractivity contribution is -0.164. The maximum atomic E-state index is 11.4. The standard InChI is InChI=1S/C13H25N3O5/c1-2-13(20-8-9-21-13)7-5-3-4-6-10(11(17)16-14)15-12(18)19/h10,15H,2-9,14H2,1H3,(H,16,17)(H,18,19). The van der Waals surface area contributed by atoms with E-state index < -0.39 is 23.8 Å². The molecule has 21 heavy (non-hydrogen) atoms. The summed E-state index contributed by atoms with van der Waals surface area (Å²) in [5.41, 5.74) is 1.97. The first kappa shape index (κ1) is 17.7. The lowest BCUT2D eigenvalue weighted by atomic mass is 10.0. The van der Waals surface area contributed by atoms with E-state index in [-0.39, 0.29) is 0 Å². The number of rotatable bonds is 9. The molecule has 1 unspecified atom stereocenters. The van der Waals surface area contributed by atoms with Crippen molar-refractivity contribution in [3.05, 3.63) is 0 Å². The third-order valence-electron chi connectivity index (χ3n) is 3.66. The number of hydrogen-bond acceptors (Lipinski definition) is 5. The molecule has 1 fully saturated rings. The molecule has 1 heterocycles. The highest BCUT2D eigenvalue weighted by atomic mass is 16.7. The second kappa shape index (κ2) is 8.81. The lowest BCUT2D eigenvalue weighted by Crippen LogP contribution is -2.48. The average molecular weight is 303 g/mol. The number of hydrazine groups is 1. The van der Waals surface area contributed by atoms with Crippen LogP contribution >= 0.6 is 0 Å². The monoisotopic (exact) mass is 303 g/mol. The Kier molecular flexibility index (Phi) is 7.41. The van der Waals surface area contributed by atoms with Gasteiger partial charge in [0.1, 0.15) is 6.04 Å². The highest BCUT2D eigenvalue weighted by Gasteiger charge is 2.33. The first-order valence-corrected chi connectivity index (χ1v) is 7.31. The Morgan fingerprint density at radius 2 is 1.95 bits per heavy atom. The topological polar surface area (TPSA) is 123 Å². The number of nitrogens with two attached hydrogens (primary N) is 1. The van der Waals surface area contributed by atoms with Crippen molar-refractivity contribution in [2.75, 3.05) is 13.2 Å². The molecule has 0 radical (unpaired) electrons. The van der Waals surface area contributed by atoms with Crippen molar-refractivity contribution >= 4 is 12.0 Å². The summed E-state index contributed by atoms with van der Waals surface area (Å²) in [6.45, 7) is 3.30. The van der Waals surface area contributed by atoms with Gasteiger partial charge in [0, 0.05) is 6.42 Å². The van der Waals surface area contributed by atoms with Crippen LogP contribution in [0.1, 0.15) is 45.4 Å². The fraction of sp³-hybridized carbons (Fsp3) is 0.846. The minimum Gasteiger partial charge on any atom is -0.465 e. The summed E-state index contributed by atoms with van der Waals surface area (Å²) in [6, 6.07) is -0.813. The number of nitrogens with one attached hydrogen (secondary N) is 2. The fourth-order valence-electron chi connectivity index (χ4n) is 2.46. The summed E-state index contributed by atoms with van der Waals surface area (Å²) in [5.74, 6) is 4.06. The van der Waals surface area contributed by atoms with E-state index in [1.54, 1.807) is 0 Å². The smallest absolute Gasteiger partial charge is 0.405 e. The zero-order valence-corrected chi connectivity index (χ0v) is 12.4. The van der Waals surface area contributed by atoms with E-state index >= 15 is 0 Å². The highest BCUT2D eigenvalue weighted by Crippen LogP contribution is 2.29. The molecule has 0 aromatic heterocycles. The van der Waals surface area contributed by atoms with Crippen LogP contribution in [0.25, 0.3) is 0 Å². The number of carbonyl (C=O) groups is 2. The van der Waals surface area contributed by atoms with Gasteiger partial charge < -0.3 is 19.9 Å². The largest absolute Gasteiger partial charge is 0.465 e. The Labute approximate surface area is 124 Å². The number of carbonyl (C=O) groups excluding carboxylic acids is 1. The van der Waals surface area contributed by atoms with Crippen LogP contribution in [-0.2, 0) is 14.3 Å². The van der Waals surface area contributed by atoms with Crippen LogP contribution in [0.5, 0.6) is 0 Å². The van der Waals surface area contributed by atoms with Crippen LogP contribution in [0.2, 0.25) is 0 Å². The number of ether oxygens (including phenoxy) is 2. The Morgan fingerprint density at radius 1 is 1.29 bits per heavy atom. The van der Waals surface area contributed by atoms with Crippen molar-refractivity contribution in [2.45, 2.75) is 57.3 Å². The van der Waals surface area contributed by atoms with Crippen molar-refractivity contribution in [1.29, 1.82) is 0 Å². The van der Waals surface area contributed by atoms with E-state index in [0.29, 0.717) is 19.6 Å². The lowest BCUT2D eigenvalue weighted by Gasteiger charge is -2.25. The van der Waals surface area contributed by atoms with Gasteiger partial charge in [-0.25, -0.2) is 10.6 Å². The van der Waals surface area contributed by atoms with Gasteiger partial charge in [-0.05, 0) is 19.3 Å². The van der Waals surface area contributed by atoms with Gasteiger partial charge in [0.05, 0.1) is 13.2 Å². The summed E-state index contributed by atoms with van der Waals surface area (Å²) in [6.07, 6.45) is 3.28. The fourth-order valence-corrected chi connectivity index (χ4v) is 2.46. The van der Waals surface area contributed by atoms with E-state index in [4.69, 9.17) is 20.4 Å². The molecule has 122 valence electrons. The van der Waals surface area contributed by atoms with E-state index in [1.807, 2.05) is 12.3 Å². The minimum absolute atomic E-state index is 0.413. The Morgan fingerprint density at radius 3 is 2.48 bits per heavy atom. The molecule has 0 aliphatic carbocycles. The molecule has 0 saturated carbocycles. The summed E-state index contributed by atoms with van der Waals surface area (Å²) in [4.78, 5) is 22.0. The van der Waals surface area contributed by atoms with E-state index in [9.17, 15) is 9.59 Å². The number of amides is 2. The predicted molar refractivity (Wildman–Crippen MR) is 75.3 cm³/mol. The molecule has 1 atom stereocenters. The number of hydrogen-bond donors (Lipinski definition) is 4. The number of unbranched alkanes of at least 4 members (excludes halogenated alkanes) is 2. The Hall–Kier alpha value is -1.38. The van der Waals surface area contributed by atoms with E-state index in [1.165, 1.54) is 0 Å². The molecule has 1 aliphatic rings. The van der Waals surface area contributed by atoms with Gasteiger partial charge >= 0.3 is 6.09 Å². The second-order valence-corrected chi connectivity index (χ2v) is 5.07. The molecule has 0 bridgehead atoms. The average Bonchev–Trinajstić information content (AvgIpc) is 2.94. The van der Waals surface area contributed by atoms with Gasteiger partial charge in [0.15, 0.2) is 5.79 Å². The van der Waals surface area contributed by atoms with Crippen molar-refractivity contribution in [1.82, 2.24) is 10.7 Å². The molecule has 8 nitrogen and oxygen atoms in total. The van der Waals surface area contributed by atoms with Crippen molar-refractivity contribution in [3.63, 3.8) is 0 Å². The first-order valence-electron chi connectivity index (χ1n) is 7.31. The van der Waals surface area contributed by atoms with Gasteiger partial charge in [-0.2, -0.15) is 0 Å². The Balaban J connectivity index is 2.24. The van der Waals surface area contributed by atoms with Gasteiger partial charge in [0.25, 0.3) is 5.91 Å². The van der Waals surface area contributed by atoms with Crippen LogP contribution in [0.4, 0.5) is 4.79 Å². The van der Waals surface area contributed by atoms with Crippen LogP contribution in [-0.4, -0.2) is 42.1 Å². The maximum absolute atomic E-state index is 11.4. The van der Waals surface area contributed by atoms with Crippen molar-refractivity contribution in [2.24, 2.45) is 5.84 Å². The van der Waals surface area contributed by atoms with E-state index in [0.717, 1.165) is 32.1 Å². The third-order valence-corrected chi connectivity index (χ3v) is 3.66. The van der Waals surface area contributed by atoms with Gasteiger partial charge in [-0.3, -0.25) is 10.2 Å². The summed E-state index contributed by atoms with van der Waals surface area (Å²) >= 11 is 0. The first-order chi connectivity index (χ1) is 10.0. The van der Waals surface area contributed by atoms with Gasteiger partial charge in [-0.1, -0.05) is 19.8 Å². The zero-order chi connectivity index (χ0) is 15.7. The normalized spacial score (nSPS) is 18.2. The molecule has 1 aliphatic heterocycles. The van der Waals surface area contributed by atoms with Crippen LogP contribution in [0.3, 0.4) is 0 Å². The molecule has 5 N–H and O–H groups in total. The maximum Gasteiger partial charge on any atom is 0.405 e. The zero-order valence-electron chi connectivity index (χ0n) is 12.4. The molecule has 1 rings (SSSR count). The summed E-state index contributed by atoms with van der Waals surface area (Å²) < 4.78 is 11.3.